The molecule has 0 saturated carbocycles. The normalized spacial score (nSPS) is 14.2. The molecule has 0 bridgehead atoms. The summed E-state index contributed by atoms with van der Waals surface area (Å²) in [6.07, 6.45) is 3.10. The van der Waals surface area contributed by atoms with E-state index >= 15 is 0 Å². The van der Waals surface area contributed by atoms with Gasteiger partial charge in [-0.2, -0.15) is 5.26 Å². The molecule has 1 aromatic heterocycles. The third-order valence-electron chi connectivity index (χ3n) is 2.69. The first-order valence-corrected chi connectivity index (χ1v) is 7.61. The number of hydrogen-bond donors (Lipinski definition) is 1. The highest BCUT2D eigenvalue weighted by molar-refractivity contribution is 8.00. The van der Waals surface area contributed by atoms with Gasteiger partial charge in [0.15, 0.2) is 0 Å². The van der Waals surface area contributed by atoms with Crippen LogP contribution in [0, 0.1) is 18.3 Å². The highest BCUT2D eigenvalue weighted by atomic mass is 32.2. The smallest absolute Gasteiger partial charge is 0.150 e. The molecular weight excluding hydrogens is 250 g/mol. The summed E-state index contributed by atoms with van der Waals surface area (Å²) < 4.78 is 1.15. The number of nitrogens with zero attached hydrogens (tertiary/aromatic N) is 2. The lowest BCUT2D eigenvalue weighted by Gasteiger charge is -2.20. The number of rotatable bonds is 7. The SMILES string of the molecule is CNC(C)(C#N)CCCCSc1nc(C)cs1. The number of unbranched alkanes of at least 4 members (excludes halogenated alkanes) is 1. The van der Waals surface area contributed by atoms with Crippen molar-refractivity contribution in [2.45, 2.75) is 43.0 Å². The molecule has 1 heterocycles. The highest BCUT2D eigenvalue weighted by Crippen LogP contribution is 2.24. The van der Waals surface area contributed by atoms with Gasteiger partial charge in [-0.3, -0.25) is 0 Å². The van der Waals surface area contributed by atoms with Crippen LogP contribution in [0.25, 0.3) is 0 Å². The Morgan fingerprint density at radius 3 is 2.88 bits per heavy atom. The van der Waals surface area contributed by atoms with Crippen LogP contribution in [0.5, 0.6) is 0 Å². The fourth-order valence-corrected chi connectivity index (χ4v) is 3.29. The lowest BCUT2D eigenvalue weighted by atomic mass is 9.97. The molecule has 0 aliphatic rings. The van der Waals surface area contributed by atoms with Crippen molar-refractivity contribution in [2.24, 2.45) is 0 Å². The standard InChI is InChI=1S/C12H19N3S2/c1-10-8-17-11(15-10)16-7-5-4-6-12(2,9-13)14-3/h8,14H,4-7H2,1-3H3. The van der Waals surface area contributed by atoms with Gasteiger partial charge in [-0.15, -0.1) is 11.3 Å². The highest BCUT2D eigenvalue weighted by Gasteiger charge is 2.19. The van der Waals surface area contributed by atoms with Crippen molar-refractivity contribution >= 4 is 23.1 Å². The fraction of sp³-hybridized carbons (Fsp3) is 0.667. The lowest BCUT2D eigenvalue weighted by Crippen LogP contribution is -2.37. The molecule has 0 spiro atoms. The number of nitrogens with one attached hydrogen (secondary N) is 1. The summed E-state index contributed by atoms with van der Waals surface area (Å²) in [6, 6.07) is 2.31. The second-order valence-electron chi connectivity index (χ2n) is 4.25. The van der Waals surface area contributed by atoms with Crippen LogP contribution in [0.4, 0.5) is 0 Å². The Hall–Kier alpha value is -0.570. The largest absolute Gasteiger partial charge is 0.303 e. The van der Waals surface area contributed by atoms with Crippen LogP contribution < -0.4 is 5.32 Å². The van der Waals surface area contributed by atoms with Crippen molar-refractivity contribution in [1.82, 2.24) is 10.3 Å². The summed E-state index contributed by atoms with van der Waals surface area (Å²) >= 11 is 3.52. The van der Waals surface area contributed by atoms with Gasteiger partial charge in [0.25, 0.3) is 0 Å². The summed E-state index contributed by atoms with van der Waals surface area (Å²) in [4.78, 5) is 4.41. The van der Waals surface area contributed by atoms with E-state index in [4.69, 9.17) is 5.26 Å². The van der Waals surface area contributed by atoms with E-state index in [0.29, 0.717) is 0 Å². The topological polar surface area (TPSA) is 48.7 Å². The minimum absolute atomic E-state index is 0.373. The summed E-state index contributed by atoms with van der Waals surface area (Å²) in [5.41, 5.74) is 0.729. The maximum absolute atomic E-state index is 9.00. The van der Waals surface area contributed by atoms with Crippen molar-refractivity contribution in [3.8, 4) is 6.07 Å². The number of aromatic nitrogens is 1. The van der Waals surface area contributed by atoms with Crippen molar-refractivity contribution in [2.75, 3.05) is 12.8 Å². The average molecular weight is 269 g/mol. The Morgan fingerprint density at radius 1 is 1.59 bits per heavy atom. The first-order valence-electron chi connectivity index (χ1n) is 5.75. The Balaban J connectivity index is 2.15. The van der Waals surface area contributed by atoms with E-state index in [-0.39, 0.29) is 5.54 Å². The molecule has 5 heteroatoms. The third kappa shape index (κ3) is 5.07. The van der Waals surface area contributed by atoms with Gasteiger partial charge in [0, 0.05) is 16.8 Å². The molecule has 1 N–H and O–H groups in total. The van der Waals surface area contributed by atoms with Crippen molar-refractivity contribution in [3.05, 3.63) is 11.1 Å². The molecule has 3 nitrogen and oxygen atoms in total. The van der Waals surface area contributed by atoms with Crippen LogP contribution in [0.1, 0.15) is 31.9 Å². The van der Waals surface area contributed by atoms with E-state index in [1.165, 1.54) is 0 Å². The van der Waals surface area contributed by atoms with E-state index < -0.39 is 0 Å². The predicted octanol–water partition coefficient (Wildman–Crippen LogP) is 3.22. The molecule has 0 saturated heterocycles. The number of nitriles is 1. The van der Waals surface area contributed by atoms with Gasteiger partial charge in [0.05, 0.1) is 6.07 Å². The molecule has 94 valence electrons. The summed E-state index contributed by atoms with van der Waals surface area (Å²) in [6.45, 7) is 3.97. The van der Waals surface area contributed by atoms with Crippen LogP contribution in [-0.2, 0) is 0 Å². The molecule has 0 aliphatic carbocycles. The monoisotopic (exact) mass is 269 g/mol. The fourth-order valence-electron chi connectivity index (χ4n) is 1.38. The van der Waals surface area contributed by atoms with Gasteiger partial charge in [-0.25, -0.2) is 4.98 Å². The lowest BCUT2D eigenvalue weighted by molar-refractivity contribution is 0.439. The molecule has 0 radical (unpaired) electrons. The molecule has 1 atom stereocenters. The summed E-state index contributed by atoms with van der Waals surface area (Å²) in [5, 5.41) is 14.1. The Morgan fingerprint density at radius 2 is 2.35 bits per heavy atom. The van der Waals surface area contributed by atoms with E-state index in [2.05, 4.69) is 21.8 Å². The zero-order valence-corrected chi connectivity index (χ0v) is 12.2. The van der Waals surface area contributed by atoms with Crippen LogP contribution in [0.15, 0.2) is 9.72 Å². The second-order valence-corrected chi connectivity index (χ2v) is 6.45. The summed E-state index contributed by atoms with van der Waals surface area (Å²) in [5.74, 6) is 1.08. The Kier molecular flexibility index (Phi) is 5.96. The van der Waals surface area contributed by atoms with Gasteiger partial charge < -0.3 is 5.32 Å². The first kappa shape index (κ1) is 14.5. The van der Waals surface area contributed by atoms with Crippen molar-refractivity contribution in [3.63, 3.8) is 0 Å². The maximum Gasteiger partial charge on any atom is 0.150 e. The molecule has 1 aromatic rings. The number of aryl methyl sites for hydroxylation is 1. The van der Waals surface area contributed by atoms with Gasteiger partial charge in [0.1, 0.15) is 9.88 Å². The van der Waals surface area contributed by atoms with Gasteiger partial charge >= 0.3 is 0 Å². The quantitative estimate of drug-likeness (QED) is 0.610. The molecule has 1 rings (SSSR count). The molecule has 1 unspecified atom stereocenters. The minimum atomic E-state index is -0.373. The first-order chi connectivity index (χ1) is 8.09. The van der Waals surface area contributed by atoms with Gasteiger partial charge in [0.2, 0.25) is 0 Å². The zero-order chi connectivity index (χ0) is 12.7. The number of thioether (sulfide) groups is 1. The van der Waals surface area contributed by atoms with Gasteiger partial charge in [-0.05, 0) is 40.2 Å². The van der Waals surface area contributed by atoms with Crippen molar-refractivity contribution in [1.29, 1.82) is 5.26 Å². The molecule has 0 fully saturated rings. The van der Waals surface area contributed by atoms with Crippen LogP contribution in [0.3, 0.4) is 0 Å². The van der Waals surface area contributed by atoms with E-state index in [0.717, 1.165) is 35.0 Å². The molecule has 0 aromatic carbocycles. The predicted molar refractivity (Wildman–Crippen MR) is 74.5 cm³/mol. The molecule has 17 heavy (non-hydrogen) atoms. The molecule has 0 amide bonds. The van der Waals surface area contributed by atoms with Gasteiger partial charge in [-0.1, -0.05) is 11.8 Å². The van der Waals surface area contributed by atoms with Crippen LogP contribution in [0.2, 0.25) is 0 Å². The molecule has 0 aliphatic heterocycles. The number of thiazole rings is 1. The van der Waals surface area contributed by atoms with Crippen LogP contribution in [-0.4, -0.2) is 23.3 Å². The van der Waals surface area contributed by atoms with E-state index in [9.17, 15) is 0 Å². The van der Waals surface area contributed by atoms with Crippen molar-refractivity contribution < 1.29 is 0 Å². The third-order valence-corrected chi connectivity index (χ3v) is 4.92. The van der Waals surface area contributed by atoms with E-state index in [1.807, 2.05) is 32.7 Å². The second kappa shape index (κ2) is 7.00. The molecular formula is C12H19N3S2. The van der Waals surface area contributed by atoms with Crippen LogP contribution >= 0.6 is 23.1 Å². The average Bonchev–Trinajstić information content (AvgIpc) is 2.74. The zero-order valence-electron chi connectivity index (χ0n) is 10.6. The maximum atomic E-state index is 9.00. The Labute approximate surface area is 112 Å². The minimum Gasteiger partial charge on any atom is -0.303 e. The summed E-state index contributed by atoms with van der Waals surface area (Å²) in [7, 11) is 1.84. The van der Waals surface area contributed by atoms with E-state index in [1.54, 1.807) is 11.3 Å². The Bertz CT molecular complexity index is 383. The number of hydrogen-bond acceptors (Lipinski definition) is 5.